The summed E-state index contributed by atoms with van der Waals surface area (Å²) in [5, 5.41) is 9.35. The molecule has 1 aliphatic carbocycles. The van der Waals surface area contributed by atoms with Crippen LogP contribution in [0.1, 0.15) is 59.8 Å². The number of hydrogen-bond acceptors (Lipinski definition) is 2. The van der Waals surface area contributed by atoms with Crippen molar-refractivity contribution in [1.82, 2.24) is 0 Å². The largest absolute Gasteiger partial charge is 0.376 e. The third-order valence-electron chi connectivity index (χ3n) is 3.58. The van der Waals surface area contributed by atoms with Crippen molar-refractivity contribution < 1.29 is 4.74 Å². The summed E-state index contributed by atoms with van der Waals surface area (Å²) in [5.74, 6) is 0.796. The molecule has 16 heavy (non-hydrogen) atoms. The highest BCUT2D eigenvalue weighted by atomic mass is 16.5. The summed E-state index contributed by atoms with van der Waals surface area (Å²) in [7, 11) is 0. The van der Waals surface area contributed by atoms with E-state index in [9.17, 15) is 5.26 Å². The van der Waals surface area contributed by atoms with E-state index in [1.807, 2.05) is 0 Å². The Bertz CT molecular complexity index is 251. The molecule has 0 bridgehead atoms. The van der Waals surface area contributed by atoms with Crippen molar-refractivity contribution in [3.8, 4) is 6.07 Å². The summed E-state index contributed by atoms with van der Waals surface area (Å²) in [6.45, 7) is 9.19. The molecule has 0 N–H and O–H groups in total. The van der Waals surface area contributed by atoms with Gasteiger partial charge in [0, 0.05) is 6.61 Å². The third kappa shape index (κ3) is 4.14. The molecule has 0 aromatic heterocycles. The lowest BCUT2D eigenvalue weighted by Gasteiger charge is -2.34. The highest BCUT2D eigenvalue weighted by Crippen LogP contribution is 2.41. The first-order valence-corrected chi connectivity index (χ1v) is 6.42. The maximum absolute atomic E-state index is 9.35. The van der Waals surface area contributed by atoms with Gasteiger partial charge in [0.25, 0.3) is 0 Å². The number of ether oxygens (including phenoxy) is 1. The van der Waals surface area contributed by atoms with Gasteiger partial charge in [0.05, 0.1) is 17.1 Å². The predicted octanol–water partition coefficient (Wildman–Crippen LogP) is 3.91. The Balaban J connectivity index is 2.41. The topological polar surface area (TPSA) is 33.0 Å². The first kappa shape index (κ1) is 13.5. The van der Waals surface area contributed by atoms with Crippen LogP contribution in [-0.4, -0.2) is 12.2 Å². The summed E-state index contributed by atoms with van der Waals surface area (Å²) < 4.78 is 5.73. The van der Waals surface area contributed by atoms with E-state index in [1.54, 1.807) is 0 Å². The maximum atomic E-state index is 9.35. The molecule has 0 saturated heterocycles. The van der Waals surface area contributed by atoms with Crippen LogP contribution in [0.2, 0.25) is 0 Å². The summed E-state index contributed by atoms with van der Waals surface area (Å²) in [4.78, 5) is 0. The third-order valence-corrected chi connectivity index (χ3v) is 3.58. The SMILES string of the molecule is CC1CCC(C#N)(CCOC(C)(C)C)CC1. The molecule has 2 heteroatoms. The van der Waals surface area contributed by atoms with Gasteiger partial charge in [0.1, 0.15) is 0 Å². The number of rotatable bonds is 3. The Morgan fingerprint density at radius 1 is 1.31 bits per heavy atom. The molecule has 0 aromatic rings. The molecular formula is C14H25NO. The monoisotopic (exact) mass is 223 g/mol. The van der Waals surface area contributed by atoms with Crippen molar-refractivity contribution in [3.63, 3.8) is 0 Å². The van der Waals surface area contributed by atoms with Crippen molar-refractivity contribution in [3.05, 3.63) is 0 Å². The van der Waals surface area contributed by atoms with E-state index in [0.29, 0.717) is 6.61 Å². The second-order valence-electron chi connectivity index (χ2n) is 6.29. The summed E-state index contributed by atoms with van der Waals surface area (Å²) in [5.41, 5.74) is -0.184. The van der Waals surface area contributed by atoms with E-state index in [0.717, 1.165) is 25.2 Å². The average molecular weight is 223 g/mol. The van der Waals surface area contributed by atoms with Gasteiger partial charge in [0.15, 0.2) is 0 Å². The first-order valence-electron chi connectivity index (χ1n) is 6.42. The zero-order valence-corrected chi connectivity index (χ0v) is 11.2. The highest BCUT2D eigenvalue weighted by molar-refractivity contribution is 5.01. The van der Waals surface area contributed by atoms with Crippen LogP contribution < -0.4 is 0 Å². The smallest absolute Gasteiger partial charge is 0.0690 e. The molecule has 0 heterocycles. The molecule has 0 unspecified atom stereocenters. The van der Waals surface area contributed by atoms with E-state index in [1.165, 1.54) is 12.8 Å². The van der Waals surface area contributed by atoms with Crippen molar-refractivity contribution in [2.24, 2.45) is 11.3 Å². The van der Waals surface area contributed by atoms with Crippen LogP contribution in [0.15, 0.2) is 0 Å². The van der Waals surface area contributed by atoms with Gasteiger partial charge in [-0.15, -0.1) is 0 Å². The molecule has 0 spiro atoms. The van der Waals surface area contributed by atoms with E-state index in [4.69, 9.17) is 4.74 Å². The zero-order valence-electron chi connectivity index (χ0n) is 11.2. The van der Waals surface area contributed by atoms with Crippen LogP contribution in [0.3, 0.4) is 0 Å². The highest BCUT2D eigenvalue weighted by Gasteiger charge is 2.34. The second kappa shape index (κ2) is 5.19. The van der Waals surface area contributed by atoms with Crippen LogP contribution in [0.4, 0.5) is 0 Å². The second-order valence-corrected chi connectivity index (χ2v) is 6.29. The lowest BCUT2D eigenvalue weighted by atomic mass is 9.70. The summed E-state index contributed by atoms with van der Waals surface area (Å²) in [6, 6.07) is 2.54. The number of nitriles is 1. The molecule has 0 aliphatic heterocycles. The fourth-order valence-corrected chi connectivity index (χ4v) is 2.29. The van der Waals surface area contributed by atoms with E-state index in [2.05, 4.69) is 33.8 Å². The number of hydrogen-bond donors (Lipinski definition) is 0. The van der Waals surface area contributed by atoms with Gasteiger partial charge in [-0.2, -0.15) is 5.26 Å². The van der Waals surface area contributed by atoms with Crippen molar-refractivity contribution in [2.75, 3.05) is 6.61 Å². The fraction of sp³-hybridized carbons (Fsp3) is 0.929. The Hall–Kier alpha value is -0.550. The maximum Gasteiger partial charge on any atom is 0.0690 e. The minimum Gasteiger partial charge on any atom is -0.376 e. The zero-order chi connectivity index (χ0) is 12.2. The van der Waals surface area contributed by atoms with E-state index < -0.39 is 0 Å². The molecule has 0 radical (unpaired) electrons. The molecule has 92 valence electrons. The van der Waals surface area contributed by atoms with Crippen LogP contribution in [0.5, 0.6) is 0 Å². The molecule has 1 fully saturated rings. The average Bonchev–Trinajstić information content (AvgIpc) is 2.20. The first-order chi connectivity index (χ1) is 7.37. The number of nitrogens with zero attached hydrogens (tertiary/aromatic N) is 1. The Kier molecular flexibility index (Phi) is 4.38. The van der Waals surface area contributed by atoms with Gasteiger partial charge in [-0.05, 0) is 58.8 Å². The van der Waals surface area contributed by atoms with Gasteiger partial charge in [-0.1, -0.05) is 6.92 Å². The Morgan fingerprint density at radius 2 is 1.88 bits per heavy atom. The van der Waals surface area contributed by atoms with Gasteiger partial charge >= 0.3 is 0 Å². The normalized spacial score (nSPS) is 31.1. The van der Waals surface area contributed by atoms with Gasteiger partial charge < -0.3 is 4.74 Å². The summed E-state index contributed by atoms with van der Waals surface area (Å²) >= 11 is 0. The van der Waals surface area contributed by atoms with E-state index >= 15 is 0 Å². The van der Waals surface area contributed by atoms with Gasteiger partial charge in [-0.25, -0.2) is 0 Å². The molecule has 1 aliphatic rings. The lowest BCUT2D eigenvalue weighted by Crippen LogP contribution is -2.29. The predicted molar refractivity (Wildman–Crippen MR) is 66.0 cm³/mol. The minimum absolute atomic E-state index is 0.0847. The van der Waals surface area contributed by atoms with Crippen LogP contribution in [0.25, 0.3) is 0 Å². The standard InChI is InChI=1S/C14H25NO/c1-12-5-7-14(11-15,8-6-12)9-10-16-13(2,3)4/h12H,5-10H2,1-4H3. The van der Waals surface area contributed by atoms with Gasteiger partial charge in [-0.3, -0.25) is 0 Å². The van der Waals surface area contributed by atoms with Crippen molar-refractivity contribution in [1.29, 1.82) is 5.26 Å². The van der Waals surface area contributed by atoms with Crippen LogP contribution >= 0.6 is 0 Å². The van der Waals surface area contributed by atoms with Crippen molar-refractivity contribution in [2.45, 2.75) is 65.4 Å². The lowest BCUT2D eigenvalue weighted by molar-refractivity contribution is -0.0179. The van der Waals surface area contributed by atoms with Crippen molar-refractivity contribution >= 4 is 0 Å². The minimum atomic E-state index is -0.0994. The quantitative estimate of drug-likeness (QED) is 0.726. The fourth-order valence-electron chi connectivity index (χ4n) is 2.29. The molecule has 0 aromatic carbocycles. The van der Waals surface area contributed by atoms with Crippen LogP contribution in [-0.2, 0) is 4.74 Å². The van der Waals surface area contributed by atoms with Crippen LogP contribution in [0, 0.1) is 22.7 Å². The molecule has 1 saturated carbocycles. The molecule has 0 atom stereocenters. The van der Waals surface area contributed by atoms with E-state index in [-0.39, 0.29) is 11.0 Å². The Labute approximate surface area is 100.0 Å². The molecular weight excluding hydrogens is 198 g/mol. The summed E-state index contributed by atoms with van der Waals surface area (Å²) in [6.07, 6.45) is 5.40. The molecule has 1 rings (SSSR count). The Morgan fingerprint density at radius 3 is 2.31 bits per heavy atom. The molecule has 0 amide bonds. The molecule has 2 nitrogen and oxygen atoms in total. The van der Waals surface area contributed by atoms with Gasteiger partial charge in [0.2, 0.25) is 0 Å².